The number of carboxylic acids is 1. The van der Waals surface area contributed by atoms with Crippen LogP contribution in [0.3, 0.4) is 0 Å². The molecule has 3 rings (SSSR count). The van der Waals surface area contributed by atoms with E-state index in [4.69, 9.17) is 30.4 Å². The quantitative estimate of drug-likeness (QED) is 0.722. The largest absolute Gasteiger partial charge is 0.485 e. The Balaban J connectivity index is 1.78. The topological polar surface area (TPSA) is 85.7 Å². The summed E-state index contributed by atoms with van der Waals surface area (Å²) in [5.41, 5.74) is 1.56. The van der Waals surface area contributed by atoms with Crippen molar-refractivity contribution >= 4 is 17.6 Å². The van der Waals surface area contributed by atoms with Gasteiger partial charge in [-0.05, 0) is 37.3 Å². The van der Waals surface area contributed by atoms with Crippen LogP contribution < -0.4 is 4.74 Å². The van der Waals surface area contributed by atoms with E-state index in [1.54, 1.807) is 30.3 Å². The first kappa shape index (κ1) is 16.1. The van der Waals surface area contributed by atoms with E-state index in [1.807, 2.05) is 6.92 Å². The van der Waals surface area contributed by atoms with E-state index in [0.29, 0.717) is 28.7 Å². The van der Waals surface area contributed by atoms with Gasteiger partial charge in [0, 0.05) is 23.1 Å². The molecule has 0 fully saturated rings. The van der Waals surface area contributed by atoms with Crippen molar-refractivity contribution in [3.63, 3.8) is 0 Å². The van der Waals surface area contributed by atoms with Gasteiger partial charge >= 0.3 is 5.97 Å². The summed E-state index contributed by atoms with van der Waals surface area (Å²) in [6.07, 6.45) is 0.360. The van der Waals surface area contributed by atoms with Crippen LogP contribution in [-0.2, 0) is 13.0 Å². The van der Waals surface area contributed by atoms with Gasteiger partial charge in [0.05, 0.1) is 5.69 Å². The van der Waals surface area contributed by atoms with Crippen molar-refractivity contribution < 1.29 is 23.6 Å². The first-order chi connectivity index (χ1) is 11.5. The fourth-order valence-corrected chi connectivity index (χ4v) is 2.43. The molecule has 0 aliphatic carbocycles. The van der Waals surface area contributed by atoms with Crippen molar-refractivity contribution in [1.29, 1.82) is 0 Å². The fraction of sp³-hybridized carbons (Fsp3) is 0.176. The Kier molecular flexibility index (Phi) is 4.57. The molecule has 0 saturated carbocycles. The lowest BCUT2D eigenvalue weighted by atomic mass is 10.1. The molecule has 3 aromatic rings. The summed E-state index contributed by atoms with van der Waals surface area (Å²) in [4.78, 5) is 10.9. The summed E-state index contributed by atoms with van der Waals surface area (Å²) >= 11 is 6.05. The van der Waals surface area contributed by atoms with Crippen molar-refractivity contribution in [2.75, 3.05) is 0 Å². The zero-order valence-electron chi connectivity index (χ0n) is 12.8. The first-order valence-corrected chi connectivity index (χ1v) is 7.54. The third-order valence-corrected chi connectivity index (χ3v) is 3.54. The SMILES string of the molecule is Cc1cc(COc2ccc(Cl)cc2Cc2ccc(C(=O)O)o2)on1. The van der Waals surface area contributed by atoms with E-state index >= 15 is 0 Å². The van der Waals surface area contributed by atoms with Crippen molar-refractivity contribution in [2.24, 2.45) is 0 Å². The van der Waals surface area contributed by atoms with Gasteiger partial charge in [-0.3, -0.25) is 0 Å². The minimum Gasteiger partial charge on any atom is -0.485 e. The fourth-order valence-electron chi connectivity index (χ4n) is 2.24. The third kappa shape index (κ3) is 3.78. The molecule has 2 aromatic heterocycles. The van der Waals surface area contributed by atoms with Crippen molar-refractivity contribution in [3.05, 3.63) is 70.0 Å². The van der Waals surface area contributed by atoms with Gasteiger partial charge in [0.1, 0.15) is 18.1 Å². The third-order valence-electron chi connectivity index (χ3n) is 3.31. The summed E-state index contributed by atoms with van der Waals surface area (Å²) in [5.74, 6) is 0.521. The Morgan fingerprint density at radius 3 is 2.75 bits per heavy atom. The second-order valence-corrected chi connectivity index (χ2v) is 5.66. The number of rotatable bonds is 6. The lowest BCUT2D eigenvalue weighted by Gasteiger charge is -2.10. The number of hydrogen-bond acceptors (Lipinski definition) is 5. The molecule has 124 valence electrons. The second kappa shape index (κ2) is 6.80. The highest BCUT2D eigenvalue weighted by Gasteiger charge is 2.13. The van der Waals surface area contributed by atoms with Crippen LogP contribution in [-0.4, -0.2) is 16.2 Å². The van der Waals surface area contributed by atoms with Crippen LogP contribution >= 0.6 is 11.6 Å². The molecule has 0 atom stereocenters. The first-order valence-electron chi connectivity index (χ1n) is 7.16. The molecule has 0 unspecified atom stereocenters. The molecule has 0 saturated heterocycles. The average molecular weight is 348 g/mol. The molecule has 0 amide bonds. The minimum atomic E-state index is -1.11. The number of ether oxygens (including phenoxy) is 1. The van der Waals surface area contributed by atoms with Crippen LogP contribution in [0.5, 0.6) is 5.75 Å². The van der Waals surface area contributed by atoms with Crippen LogP contribution in [0.2, 0.25) is 5.02 Å². The molecule has 0 aliphatic rings. The average Bonchev–Trinajstić information content (AvgIpc) is 3.16. The lowest BCUT2D eigenvalue weighted by Crippen LogP contribution is -1.98. The van der Waals surface area contributed by atoms with Crippen LogP contribution in [0.4, 0.5) is 0 Å². The maximum Gasteiger partial charge on any atom is 0.371 e. The molecule has 1 N–H and O–H groups in total. The number of nitrogens with zero attached hydrogens (tertiary/aromatic N) is 1. The number of halogens is 1. The summed E-state index contributed by atoms with van der Waals surface area (Å²) in [7, 11) is 0. The van der Waals surface area contributed by atoms with Crippen LogP contribution in [0.1, 0.15) is 33.3 Å². The molecule has 2 heterocycles. The van der Waals surface area contributed by atoms with E-state index < -0.39 is 5.97 Å². The smallest absolute Gasteiger partial charge is 0.371 e. The van der Waals surface area contributed by atoms with Crippen molar-refractivity contribution in [1.82, 2.24) is 5.16 Å². The van der Waals surface area contributed by atoms with Gasteiger partial charge in [-0.15, -0.1) is 0 Å². The molecule has 24 heavy (non-hydrogen) atoms. The molecular weight excluding hydrogens is 334 g/mol. The summed E-state index contributed by atoms with van der Waals surface area (Å²) in [6, 6.07) is 10.1. The molecular formula is C17H14ClNO5. The Morgan fingerprint density at radius 2 is 2.08 bits per heavy atom. The molecule has 0 radical (unpaired) electrons. The van der Waals surface area contributed by atoms with Gasteiger partial charge in [0.15, 0.2) is 5.76 Å². The molecule has 6 nitrogen and oxygen atoms in total. The predicted octanol–water partition coefficient (Wildman–Crippen LogP) is 4.10. The number of carboxylic acid groups (broad SMARTS) is 1. The summed E-state index contributed by atoms with van der Waals surface area (Å²) < 4.78 is 16.2. The Bertz CT molecular complexity index is 868. The standard InChI is InChI=1S/C17H14ClNO5/c1-10-6-14(24-19-10)9-22-15-4-2-12(18)7-11(15)8-13-3-5-16(23-13)17(20)21/h2-7H,8-9H2,1H3,(H,20,21). The van der Waals surface area contributed by atoms with E-state index in [1.165, 1.54) is 6.07 Å². The molecule has 0 spiro atoms. The van der Waals surface area contributed by atoms with Gasteiger partial charge in [0.25, 0.3) is 0 Å². The van der Waals surface area contributed by atoms with Gasteiger partial charge < -0.3 is 18.8 Å². The lowest BCUT2D eigenvalue weighted by molar-refractivity contribution is 0.0660. The van der Waals surface area contributed by atoms with Crippen LogP contribution in [0.25, 0.3) is 0 Å². The van der Waals surface area contributed by atoms with Gasteiger partial charge in [0.2, 0.25) is 5.76 Å². The molecule has 1 aromatic carbocycles. The van der Waals surface area contributed by atoms with Crippen molar-refractivity contribution in [2.45, 2.75) is 20.0 Å². The van der Waals surface area contributed by atoms with E-state index in [0.717, 1.165) is 11.3 Å². The Labute approximate surface area is 142 Å². The highest BCUT2D eigenvalue weighted by Crippen LogP contribution is 2.27. The summed E-state index contributed by atoms with van der Waals surface area (Å²) in [6.45, 7) is 2.06. The van der Waals surface area contributed by atoms with E-state index in [2.05, 4.69) is 5.16 Å². The molecule has 7 heteroatoms. The number of furan rings is 1. The van der Waals surface area contributed by atoms with E-state index in [9.17, 15) is 4.79 Å². The number of hydrogen-bond donors (Lipinski definition) is 1. The highest BCUT2D eigenvalue weighted by molar-refractivity contribution is 6.30. The zero-order valence-corrected chi connectivity index (χ0v) is 13.5. The monoisotopic (exact) mass is 347 g/mol. The van der Waals surface area contributed by atoms with Crippen LogP contribution in [0, 0.1) is 6.92 Å². The number of aryl methyl sites for hydroxylation is 1. The number of benzene rings is 1. The number of aromatic carboxylic acids is 1. The second-order valence-electron chi connectivity index (χ2n) is 5.22. The predicted molar refractivity (Wildman–Crippen MR) is 85.5 cm³/mol. The van der Waals surface area contributed by atoms with Crippen LogP contribution in [0.15, 0.2) is 45.3 Å². The zero-order chi connectivity index (χ0) is 17.1. The normalized spacial score (nSPS) is 10.8. The van der Waals surface area contributed by atoms with Gasteiger partial charge in [-0.1, -0.05) is 16.8 Å². The highest BCUT2D eigenvalue weighted by atomic mass is 35.5. The van der Waals surface area contributed by atoms with E-state index in [-0.39, 0.29) is 12.4 Å². The van der Waals surface area contributed by atoms with Crippen molar-refractivity contribution in [3.8, 4) is 5.75 Å². The Hall–Kier alpha value is -2.73. The summed E-state index contributed by atoms with van der Waals surface area (Å²) in [5, 5.41) is 13.3. The van der Waals surface area contributed by atoms with Gasteiger partial charge in [-0.2, -0.15) is 0 Å². The maximum atomic E-state index is 10.9. The maximum absolute atomic E-state index is 10.9. The molecule has 0 bridgehead atoms. The Morgan fingerprint density at radius 1 is 1.25 bits per heavy atom. The molecule has 0 aliphatic heterocycles. The number of aromatic nitrogens is 1. The minimum absolute atomic E-state index is 0.105. The number of carbonyl (C=O) groups is 1. The van der Waals surface area contributed by atoms with Gasteiger partial charge in [-0.25, -0.2) is 4.79 Å².